The second kappa shape index (κ2) is 5.25. The fraction of sp³-hybridized carbons (Fsp3) is 0.333. The van der Waals surface area contributed by atoms with Crippen molar-refractivity contribution in [2.24, 2.45) is 0 Å². The molecule has 0 unspecified atom stereocenters. The Hall–Kier alpha value is -0.460. The average Bonchev–Trinajstić information content (AvgIpc) is 2.19. The summed E-state index contributed by atoms with van der Waals surface area (Å²) in [6, 6.07) is 2.88. The molecule has 3 nitrogen and oxygen atoms in total. The Kier molecular flexibility index (Phi) is 4.46. The zero-order valence-electron chi connectivity index (χ0n) is 8.66. The molecule has 0 aliphatic carbocycles. The molecule has 16 heavy (non-hydrogen) atoms. The highest BCUT2D eigenvalue weighted by Gasteiger charge is 2.17. The maximum Gasteiger partial charge on any atom is 0.236 e. The molecule has 0 N–H and O–H groups in total. The quantitative estimate of drug-likeness (QED) is 0.630. The predicted octanol–water partition coefficient (Wildman–Crippen LogP) is 2.62. The molecule has 0 radical (unpaired) electrons. The van der Waals surface area contributed by atoms with Gasteiger partial charge in [-0.3, -0.25) is 0 Å². The molecule has 0 amide bonds. The number of methoxy groups -OCH3 is 1. The Morgan fingerprint density at radius 1 is 1.50 bits per heavy atom. The van der Waals surface area contributed by atoms with Gasteiger partial charge in [-0.2, -0.15) is 0 Å². The van der Waals surface area contributed by atoms with Gasteiger partial charge in [-0.1, -0.05) is 6.07 Å². The SMILES string of the molecule is COc1ccc(CS(=O)(=O)Cl)c(F)c1SC. The van der Waals surface area contributed by atoms with Gasteiger partial charge in [-0.15, -0.1) is 11.8 Å². The Bertz CT molecular complexity index is 488. The fourth-order valence-electron chi connectivity index (χ4n) is 1.23. The summed E-state index contributed by atoms with van der Waals surface area (Å²) in [7, 11) is 2.74. The van der Waals surface area contributed by atoms with E-state index >= 15 is 0 Å². The maximum absolute atomic E-state index is 13.8. The van der Waals surface area contributed by atoms with Gasteiger partial charge in [0.1, 0.15) is 11.6 Å². The van der Waals surface area contributed by atoms with Crippen molar-refractivity contribution in [1.29, 1.82) is 0 Å². The number of benzene rings is 1. The Morgan fingerprint density at radius 3 is 2.56 bits per heavy atom. The van der Waals surface area contributed by atoms with Crippen LogP contribution in [0.3, 0.4) is 0 Å². The summed E-state index contributed by atoms with van der Waals surface area (Å²) in [6.07, 6.45) is 1.68. The lowest BCUT2D eigenvalue weighted by molar-refractivity contribution is 0.397. The van der Waals surface area contributed by atoms with E-state index in [9.17, 15) is 12.8 Å². The molecular formula is C9H10ClFO3S2. The monoisotopic (exact) mass is 284 g/mol. The van der Waals surface area contributed by atoms with Gasteiger partial charge in [0, 0.05) is 16.2 Å². The van der Waals surface area contributed by atoms with Crippen LogP contribution in [-0.2, 0) is 14.8 Å². The molecule has 0 fully saturated rings. The van der Waals surface area contributed by atoms with Gasteiger partial charge in [-0.25, -0.2) is 12.8 Å². The second-order valence-electron chi connectivity index (χ2n) is 2.96. The number of ether oxygens (including phenoxy) is 1. The van der Waals surface area contributed by atoms with Crippen LogP contribution < -0.4 is 4.74 Å². The number of hydrogen-bond donors (Lipinski definition) is 0. The van der Waals surface area contributed by atoms with E-state index in [-0.39, 0.29) is 10.5 Å². The van der Waals surface area contributed by atoms with Gasteiger partial charge < -0.3 is 4.74 Å². The Labute approximate surface area is 102 Å². The zero-order valence-corrected chi connectivity index (χ0v) is 11.0. The van der Waals surface area contributed by atoms with E-state index in [0.717, 1.165) is 11.8 Å². The van der Waals surface area contributed by atoms with Crippen molar-refractivity contribution in [2.45, 2.75) is 10.6 Å². The van der Waals surface area contributed by atoms with Gasteiger partial charge in [0.2, 0.25) is 9.05 Å². The van der Waals surface area contributed by atoms with Crippen LogP contribution in [-0.4, -0.2) is 21.8 Å². The van der Waals surface area contributed by atoms with Crippen molar-refractivity contribution < 1.29 is 17.5 Å². The summed E-state index contributed by atoms with van der Waals surface area (Å²) in [5.74, 6) is -0.755. The van der Waals surface area contributed by atoms with Crippen LogP contribution in [0.1, 0.15) is 5.56 Å². The lowest BCUT2D eigenvalue weighted by Crippen LogP contribution is -2.01. The normalized spacial score (nSPS) is 11.5. The molecule has 1 aromatic carbocycles. The van der Waals surface area contributed by atoms with Gasteiger partial charge in [0.25, 0.3) is 0 Å². The molecule has 0 atom stereocenters. The molecule has 0 heterocycles. The minimum absolute atomic E-state index is 0.0418. The standard InChI is InChI=1S/C9H10ClFO3S2/c1-14-7-4-3-6(5-16(10,12)13)8(11)9(7)15-2/h3-4H,5H2,1-2H3. The predicted molar refractivity (Wildman–Crippen MR) is 63.2 cm³/mol. The lowest BCUT2D eigenvalue weighted by Gasteiger charge is -2.10. The molecule has 1 rings (SSSR count). The van der Waals surface area contributed by atoms with Gasteiger partial charge in [-0.05, 0) is 12.3 Å². The number of halogens is 2. The molecule has 1 aromatic rings. The molecule has 0 saturated heterocycles. The van der Waals surface area contributed by atoms with Crippen LogP contribution in [0.2, 0.25) is 0 Å². The van der Waals surface area contributed by atoms with E-state index in [0.29, 0.717) is 5.75 Å². The van der Waals surface area contributed by atoms with Crippen LogP contribution in [0.15, 0.2) is 17.0 Å². The second-order valence-corrected chi connectivity index (χ2v) is 6.55. The first-order valence-corrected chi connectivity index (χ1v) is 7.91. The van der Waals surface area contributed by atoms with E-state index in [2.05, 4.69) is 0 Å². The molecular weight excluding hydrogens is 275 g/mol. The van der Waals surface area contributed by atoms with Crippen molar-refractivity contribution in [2.75, 3.05) is 13.4 Å². The highest BCUT2D eigenvalue weighted by Crippen LogP contribution is 2.32. The zero-order chi connectivity index (χ0) is 12.3. The van der Waals surface area contributed by atoms with Crippen LogP contribution >= 0.6 is 22.4 Å². The van der Waals surface area contributed by atoms with Crippen molar-refractivity contribution in [3.63, 3.8) is 0 Å². The van der Waals surface area contributed by atoms with E-state index in [1.165, 1.54) is 19.2 Å². The topological polar surface area (TPSA) is 43.4 Å². The van der Waals surface area contributed by atoms with E-state index < -0.39 is 20.6 Å². The summed E-state index contributed by atoms with van der Waals surface area (Å²) in [4.78, 5) is 0.278. The lowest BCUT2D eigenvalue weighted by atomic mass is 10.2. The number of rotatable bonds is 4. The molecule has 7 heteroatoms. The molecule has 0 spiro atoms. The summed E-state index contributed by atoms with van der Waals surface area (Å²) >= 11 is 1.15. The first-order chi connectivity index (χ1) is 7.39. The summed E-state index contributed by atoms with van der Waals surface area (Å²) in [5, 5.41) is 0. The number of thioether (sulfide) groups is 1. The van der Waals surface area contributed by atoms with Crippen LogP contribution in [0, 0.1) is 5.82 Å². The largest absolute Gasteiger partial charge is 0.495 e. The maximum atomic E-state index is 13.8. The molecule has 0 aliphatic heterocycles. The smallest absolute Gasteiger partial charge is 0.236 e. The minimum atomic E-state index is -3.76. The van der Waals surface area contributed by atoms with E-state index in [4.69, 9.17) is 15.4 Å². The summed E-state index contributed by atoms with van der Waals surface area (Å²) in [5.41, 5.74) is 0.0418. The van der Waals surface area contributed by atoms with E-state index in [1.54, 1.807) is 6.26 Å². The van der Waals surface area contributed by atoms with Crippen molar-refractivity contribution >= 4 is 31.5 Å². The van der Waals surface area contributed by atoms with Crippen molar-refractivity contribution in [1.82, 2.24) is 0 Å². The van der Waals surface area contributed by atoms with Crippen molar-refractivity contribution in [3.8, 4) is 5.75 Å². The van der Waals surface area contributed by atoms with Crippen LogP contribution in [0.5, 0.6) is 5.75 Å². The van der Waals surface area contributed by atoms with Crippen molar-refractivity contribution in [3.05, 3.63) is 23.5 Å². The number of hydrogen-bond acceptors (Lipinski definition) is 4. The van der Waals surface area contributed by atoms with Gasteiger partial charge >= 0.3 is 0 Å². The first kappa shape index (κ1) is 13.6. The van der Waals surface area contributed by atoms with Crippen LogP contribution in [0.4, 0.5) is 4.39 Å². The highest BCUT2D eigenvalue weighted by molar-refractivity contribution is 8.13. The third-order valence-corrected chi connectivity index (χ3v) is 3.66. The molecule has 0 bridgehead atoms. The summed E-state index contributed by atoms with van der Waals surface area (Å²) < 4.78 is 40.5. The third-order valence-electron chi connectivity index (χ3n) is 1.89. The Balaban J connectivity index is 3.24. The van der Waals surface area contributed by atoms with Gasteiger partial charge in [0.05, 0.1) is 17.8 Å². The molecule has 0 aliphatic rings. The molecule has 0 saturated carbocycles. The molecule has 0 aromatic heterocycles. The minimum Gasteiger partial charge on any atom is -0.495 e. The van der Waals surface area contributed by atoms with E-state index in [1.807, 2.05) is 0 Å². The average molecular weight is 285 g/mol. The third kappa shape index (κ3) is 3.26. The highest BCUT2D eigenvalue weighted by atomic mass is 35.7. The van der Waals surface area contributed by atoms with Gasteiger partial charge in [0.15, 0.2) is 0 Å². The Morgan fingerprint density at radius 2 is 2.12 bits per heavy atom. The first-order valence-electron chi connectivity index (χ1n) is 4.20. The van der Waals surface area contributed by atoms with Crippen LogP contribution in [0.25, 0.3) is 0 Å². The fourth-order valence-corrected chi connectivity index (χ4v) is 2.84. The summed E-state index contributed by atoms with van der Waals surface area (Å²) in [6.45, 7) is 0. The molecule has 90 valence electrons.